The second-order valence-electron chi connectivity index (χ2n) is 5.68. The van der Waals surface area contributed by atoms with E-state index >= 15 is 0 Å². The van der Waals surface area contributed by atoms with E-state index in [-0.39, 0.29) is 24.3 Å². The fraction of sp³-hybridized carbons (Fsp3) is 0.750. The molecule has 0 aromatic carbocycles. The number of carbonyl (C=O) groups is 2. The smallest absolute Gasteiger partial charge is 0.234 e. The largest absolute Gasteiger partial charge is 0.356 e. The fourth-order valence-electron chi connectivity index (χ4n) is 2.54. The SMILES string of the molecule is C#CCNC(=O)CN1CC(C(=O)NCCCC)CCC1C. The van der Waals surface area contributed by atoms with Crippen LogP contribution in [0.1, 0.15) is 39.5 Å². The van der Waals surface area contributed by atoms with Gasteiger partial charge in [-0.1, -0.05) is 19.3 Å². The van der Waals surface area contributed by atoms with Crippen molar-refractivity contribution >= 4 is 11.8 Å². The van der Waals surface area contributed by atoms with Crippen LogP contribution >= 0.6 is 0 Å². The Kier molecular flexibility index (Phi) is 7.84. The normalized spacial score (nSPS) is 22.3. The molecule has 2 unspecified atom stereocenters. The van der Waals surface area contributed by atoms with E-state index in [0.717, 1.165) is 32.2 Å². The first-order chi connectivity index (χ1) is 10.1. The van der Waals surface area contributed by atoms with Gasteiger partial charge in [-0.15, -0.1) is 6.42 Å². The lowest BCUT2D eigenvalue weighted by Crippen LogP contribution is -2.50. The molecule has 0 radical (unpaired) electrons. The number of piperidine rings is 1. The topological polar surface area (TPSA) is 61.4 Å². The molecule has 5 nitrogen and oxygen atoms in total. The molecule has 0 aromatic rings. The first-order valence-corrected chi connectivity index (χ1v) is 7.80. The summed E-state index contributed by atoms with van der Waals surface area (Å²) in [6.07, 6.45) is 9.03. The quantitative estimate of drug-likeness (QED) is 0.538. The van der Waals surface area contributed by atoms with E-state index in [1.54, 1.807) is 0 Å². The molecule has 1 heterocycles. The van der Waals surface area contributed by atoms with Gasteiger partial charge < -0.3 is 10.6 Å². The number of amides is 2. The van der Waals surface area contributed by atoms with Gasteiger partial charge in [-0.2, -0.15) is 0 Å². The summed E-state index contributed by atoms with van der Waals surface area (Å²) in [4.78, 5) is 25.9. The Balaban J connectivity index is 2.44. The number of rotatable bonds is 7. The highest BCUT2D eigenvalue weighted by molar-refractivity contribution is 5.80. The lowest BCUT2D eigenvalue weighted by molar-refractivity contribution is -0.129. The van der Waals surface area contributed by atoms with Crippen LogP contribution in [0.5, 0.6) is 0 Å². The van der Waals surface area contributed by atoms with Gasteiger partial charge in [0.25, 0.3) is 0 Å². The predicted molar refractivity (Wildman–Crippen MR) is 83.5 cm³/mol. The first kappa shape index (κ1) is 17.5. The number of hydrogen-bond donors (Lipinski definition) is 2. The Morgan fingerprint density at radius 2 is 2.10 bits per heavy atom. The van der Waals surface area contributed by atoms with Gasteiger partial charge in [0.05, 0.1) is 19.0 Å². The number of unbranched alkanes of at least 4 members (excludes halogenated alkanes) is 1. The minimum absolute atomic E-state index is 0.0153. The minimum atomic E-state index is -0.0770. The molecule has 118 valence electrons. The molecule has 0 spiro atoms. The third-order valence-electron chi connectivity index (χ3n) is 3.95. The van der Waals surface area contributed by atoms with Crippen molar-refractivity contribution in [3.63, 3.8) is 0 Å². The maximum Gasteiger partial charge on any atom is 0.234 e. The van der Waals surface area contributed by atoms with Gasteiger partial charge in [0.15, 0.2) is 0 Å². The van der Waals surface area contributed by atoms with Crippen molar-refractivity contribution in [2.45, 2.75) is 45.6 Å². The molecule has 1 aliphatic rings. The maximum atomic E-state index is 12.1. The summed E-state index contributed by atoms with van der Waals surface area (Å²) in [5.74, 6) is 2.41. The lowest BCUT2D eigenvalue weighted by atomic mass is 9.92. The molecular weight excluding hydrogens is 266 g/mol. The molecular formula is C16H27N3O2. The van der Waals surface area contributed by atoms with E-state index in [4.69, 9.17) is 6.42 Å². The molecule has 2 atom stereocenters. The van der Waals surface area contributed by atoms with Crippen molar-refractivity contribution in [2.24, 2.45) is 5.92 Å². The van der Waals surface area contributed by atoms with Crippen LogP contribution in [0.4, 0.5) is 0 Å². The average Bonchev–Trinajstić information content (AvgIpc) is 2.47. The summed E-state index contributed by atoms with van der Waals surface area (Å²) in [5, 5.41) is 5.65. The van der Waals surface area contributed by atoms with Gasteiger partial charge in [-0.25, -0.2) is 0 Å². The van der Waals surface area contributed by atoms with Crippen molar-refractivity contribution < 1.29 is 9.59 Å². The van der Waals surface area contributed by atoms with E-state index < -0.39 is 0 Å². The molecule has 21 heavy (non-hydrogen) atoms. The van der Waals surface area contributed by atoms with E-state index in [0.29, 0.717) is 19.1 Å². The van der Waals surface area contributed by atoms with Crippen molar-refractivity contribution in [2.75, 3.05) is 26.2 Å². The van der Waals surface area contributed by atoms with Gasteiger partial charge in [0.2, 0.25) is 11.8 Å². The summed E-state index contributed by atoms with van der Waals surface area (Å²) < 4.78 is 0. The predicted octanol–water partition coefficient (Wildman–Crippen LogP) is 0.753. The summed E-state index contributed by atoms with van der Waals surface area (Å²) in [6.45, 7) is 6.14. The monoisotopic (exact) mass is 293 g/mol. The Labute approximate surface area is 127 Å². The van der Waals surface area contributed by atoms with Crippen LogP contribution < -0.4 is 10.6 Å². The molecule has 0 aliphatic carbocycles. The third-order valence-corrected chi connectivity index (χ3v) is 3.95. The zero-order chi connectivity index (χ0) is 15.7. The van der Waals surface area contributed by atoms with Gasteiger partial charge >= 0.3 is 0 Å². The second kappa shape index (κ2) is 9.41. The third kappa shape index (κ3) is 6.17. The average molecular weight is 293 g/mol. The molecule has 2 N–H and O–H groups in total. The van der Waals surface area contributed by atoms with E-state index in [1.165, 1.54) is 0 Å². The van der Waals surface area contributed by atoms with Crippen molar-refractivity contribution in [3.8, 4) is 12.3 Å². The molecule has 1 saturated heterocycles. The summed E-state index contributed by atoms with van der Waals surface area (Å²) in [7, 11) is 0. The summed E-state index contributed by atoms with van der Waals surface area (Å²) >= 11 is 0. The van der Waals surface area contributed by atoms with Crippen molar-refractivity contribution in [1.29, 1.82) is 0 Å². The van der Waals surface area contributed by atoms with Gasteiger partial charge in [-0.3, -0.25) is 14.5 Å². The Morgan fingerprint density at radius 1 is 1.33 bits per heavy atom. The zero-order valence-electron chi connectivity index (χ0n) is 13.2. The van der Waals surface area contributed by atoms with Crippen LogP contribution in [-0.4, -0.2) is 48.9 Å². The lowest BCUT2D eigenvalue weighted by Gasteiger charge is -2.36. The molecule has 0 bridgehead atoms. The van der Waals surface area contributed by atoms with Crippen LogP contribution in [-0.2, 0) is 9.59 Å². The van der Waals surface area contributed by atoms with Gasteiger partial charge in [0.1, 0.15) is 0 Å². The number of nitrogens with zero attached hydrogens (tertiary/aromatic N) is 1. The van der Waals surface area contributed by atoms with E-state index in [9.17, 15) is 9.59 Å². The number of hydrogen-bond acceptors (Lipinski definition) is 3. The molecule has 1 fully saturated rings. The summed E-state index contributed by atoms with van der Waals surface area (Å²) in [6, 6.07) is 0.321. The van der Waals surface area contributed by atoms with Crippen LogP contribution in [0, 0.1) is 18.3 Å². The van der Waals surface area contributed by atoms with E-state index in [2.05, 4.69) is 35.3 Å². The molecule has 5 heteroatoms. The van der Waals surface area contributed by atoms with Crippen LogP contribution in [0.25, 0.3) is 0 Å². The standard InChI is InChI=1S/C16H27N3O2/c1-4-6-10-18-16(21)14-8-7-13(3)19(11-14)12-15(20)17-9-5-2/h2,13-14H,4,6-12H2,1,3H3,(H,17,20)(H,18,21). The van der Waals surface area contributed by atoms with Crippen molar-refractivity contribution in [1.82, 2.24) is 15.5 Å². The van der Waals surface area contributed by atoms with Gasteiger partial charge in [-0.05, 0) is 26.2 Å². The molecule has 1 aliphatic heterocycles. The number of terminal acetylenes is 1. The molecule has 0 saturated carbocycles. The van der Waals surface area contributed by atoms with Crippen molar-refractivity contribution in [3.05, 3.63) is 0 Å². The molecule has 1 rings (SSSR count). The van der Waals surface area contributed by atoms with Crippen LogP contribution in [0.3, 0.4) is 0 Å². The van der Waals surface area contributed by atoms with Gasteiger partial charge in [0, 0.05) is 19.1 Å². The molecule has 0 aromatic heterocycles. The number of carbonyl (C=O) groups excluding carboxylic acids is 2. The highest BCUT2D eigenvalue weighted by Crippen LogP contribution is 2.21. The van der Waals surface area contributed by atoms with Crippen LogP contribution in [0.2, 0.25) is 0 Å². The number of likely N-dealkylation sites (tertiary alicyclic amines) is 1. The second-order valence-corrected chi connectivity index (χ2v) is 5.68. The minimum Gasteiger partial charge on any atom is -0.356 e. The Morgan fingerprint density at radius 3 is 2.76 bits per heavy atom. The van der Waals surface area contributed by atoms with Crippen LogP contribution in [0.15, 0.2) is 0 Å². The Bertz CT molecular complexity index is 389. The highest BCUT2D eigenvalue weighted by Gasteiger charge is 2.30. The Hall–Kier alpha value is -1.54. The zero-order valence-corrected chi connectivity index (χ0v) is 13.2. The molecule has 2 amide bonds. The highest BCUT2D eigenvalue weighted by atomic mass is 16.2. The van der Waals surface area contributed by atoms with E-state index in [1.807, 2.05) is 0 Å². The first-order valence-electron chi connectivity index (χ1n) is 7.80. The fourth-order valence-corrected chi connectivity index (χ4v) is 2.54. The number of nitrogens with one attached hydrogen (secondary N) is 2. The summed E-state index contributed by atoms with van der Waals surface area (Å²) in [5.41, 5.74) is 0. The maximum absolute atomic E-state index is 12.1.